The summed E-state index contributed by atoms with van der Waals surface area (Å²) in [6.07, 6.45) is 2.69. The van der Waals surface area contributed by atoms with Gasteiger partial charge >= 0.3 is 0 Å². The number of hydrogen-bond acceptors (Lipinski definition) is 2. The second kappa shape index (κ2) is 6.71. The number of carbonyl (C=O) groups excluding carboxylic acids is 1. The van der Waals surface area contributed by atoms with Crippen molar-refractivity contribution in [3.05, 3.63) is 35.9 Å². The van der Waals surface area contributed by atoms with Crippen LogP contribution in [0.25, 0.3) is 0 Å². The van der Waals surface area contributed by atoms with Gasteiger partial charge < -0.3 is 9.64 Å². The molecular weight excluding hydrogens is 238 g/mol. The summed E-state index contributed by atoms with van der Waals surface area (Å²) >= 11 is 0. The van der Waals surface area contributed by atoms with Crippen molar-refractivity contribution in [2.75, 3.05) is 13.2 Å². The highest BCUT2D eigenvalue weighted by Crippen LogP contribution is 2.28. The van der Waals surface area contributed by atoms with Gasteiger partial charge in [0.2, 0.25) is 5.91 Å². The number of carbonyl (C=O) groups is 1. The number of hydrogen-bond donors (Lipinski definition) is 0. The second-order valence-corrected chi connectivity index (χ2v) is 5.13. The standard InChI is InChI=1S/C16H23NO2/c1-3-4-10-15(18)17-11-12-19-16(13(17)2)14-8-6-5-7-9-14/h5-9,13,16H,3-4,10-12H2,1-2H3. The van der Waals surface area contributed by atoms with Crippen LogP contribution in [0.1, 0.15) is 44.8 Å². The fraction of sp³-hybridized carbons (Fsp3) is 0.562. The van der Waals surface area contributed by atoms with Gasteiger partial charge in [0.15, 0.2) is 0 Å². The molecule has 3 nitrogen and oxygen atoms in total. The number of morpholine rings is 1. The van der Waals surface area contributed by atoms with Crippen molar-refractivity contribution in [3.8, 4) is 0 Å². The molecule has 0 spiro atoms. The topological polar surface area (TPSA) is 29.5 Å². The maximum Gasteiger partial charge on any atom is 0.222 e. The lowest BCUT2D eigenvalue weighted by Crippen LogP contribution is -2.48. The Labute approximate surface area is 115 Å². The quantitative estimate of drug-likeness (QED) is 0.833. The molecule has 2 unspecified atom stereocenters. The zero-order valence-electron chi connectivity index (χ0n) is 11.8. The first kappa shape index (κ1) is 14.1. The third kappa shape index (κ3) is 3.35. The molecule has 19 heavy (non-hydrogen) atoms. The van der Waals surface area contributed by atoms with Gasteiger partial charge in [0.25, 0.3) is 0 Å². The summed E-state index contributed by atoms with van der Waals surface area (Å²) in [5.74, 6) is 0.263. The maximum atomic E-state index is 12.2. The summed E-state index contributed by atoms with van der Waals surface area (Å²) in [7, 11) is 0. The summed E-state index contributed by atoms with van der Waals surface area (Å²) in [6, 6.07) is 10.3. The minimum Gasteiger partial charge on any atom is -0.370 e. The Bertz CT molecular complexity index is 404. The van der Waals surface area contributed by atoms with Crippen LogP contribution in [0.2, 0.25) is 0 Å². The molecule has 3 heteroatoms. The molecule has 1 saturated heterocycles. The number of benzene rings is 1. The molecule has 1 aliphatic heterocycles. The van der Waals surface area contributed by atoms with Crippen molar-refractivity contribution in [2.24, 2.45) is 0 Å². The Kier molecular flexibility index (Phi) is 4.97. The fourth-order valence-corrected chi connectivity index (χ4v) is 2.63. The van der Waals surface area contributed by atoms with Gasteiger partial charge in [-0.25, -0.2) is 0 Å². The summed E-state index contributed by atoms with van der Waals surface area (Å²) in [5.41, 5.74) is 1.16. The van der Waals surface area contributed by atoms with Crippen LogP contribution in [-0.2, 0) is 9.53 Å². The predicted octanol–water partition coefficient (Wildman–Crippen LogP) is 3.17. The number of amides is 1. The molecule has 0 N–H and O–H groups in total. The summed E-state index contributed by atoms with van der Waals surface area (Å²) in [4.78, 5) is 14.2. The summed E-state index contributed by atoms with van der Waals surface area (Å²) in [5, 5.41) is 0. The van der Waals surface area contributed by atoms with E-state index in [-0.39, 0.29) is 18.1 Å². The Hall–Kier alpha value is -1.35. The molecule has 1 fully saturated rings. The first-order valence-electron chi connectivity index (χ1n) is 7.20. The normalized spacial score (nSPS) is 23.4. The molecule has 2 atom stereocenters. The average Bonchev–Trinajstić information content (AvgIpc) is 2.46. The summed E-state index contributed by atoms with van der Waals surface area (Å²) < 4.78 is 5.87. The lowest BCUT2D eigenvalue weighted by Gasteiger charge is -2.39. The zero-order valence-corrected chi connectivity index (χ0v) is 11.8. The maximum absolute atomic E-state index is 12.2. The van der Waals surface area contributed by atoms with Crippen molar-refractivity contribution in [3.63, 3.8) is 0 Å². The van der Waals surface area contributed by atoms with E-state index >= 15 is 0 Å². The average molecular weight is 261 g/mol. The lowest BCUT2D eigenvalue weighted by atomic mass is 10.00. The van der Waals surface area contributed by atoms with E-state index in [9.17, 15) is 4.79 Å². The highest BCUT2D eigenvalue weighted by molar-refractivity contribution is 5.76. The molecule has 0 bridgehead atoms. The highest BCUT2D eigenvalue weighted by Gasteiger charge is 2.32. The van der Waals surface area contributed by atoms with Crippen molar-refractivity contribution in [1.82, 2.24) is 4.90 Å². The molecule has 1 aromatic rings. The lowest BCUT2D eigenvalue weighted by molar-refractivity contribution is -0.145. The minimum absolute atomic E-state index is 0.000488. The van der Waals surface area contributed by atoms with Crippen LogP contribution in [-0.4, -0.2) is 30.0 Å². The number of nitrogens with zero attached hydrogens (tertiary/aromatic N) is 1. The molecule has 0 aromatic heterocycles. The van der Waals surface area contributed by atoms with E-state index in [0.29, 0.717) is 19.6 Å². The predicted molar refractivity (Wildman–Crippen MR) is 75.8 cm³/mol. The van der Waals surface area contributed by atoms with Gasteiger partial charge in [-0.1, -0.05) is 43.7 Å². The Morgan fingerprint density at radius 3 is 2.79 bits per heavy atom. The van der Waals surface area contributed by atoms with Crippen molar-refractivity contribution < 1.29 is 9.53 Å². The first-order chi connectivity index (χ1) is 9.24. The van der Waals surface area contributed by atoms with Crippen molar-refractivity contribution in [1.29, 1.82) is 0 Å². The van der Waals surface area contributed by atoms with Gasteiger partial charge in [-0.2, -0.15) is 0 Å². The SMILES string of the molecule is CCCCC(=O)N1CCOC(c2ccccc2)C1C. The van der Waals surface area contributed by atoms with Gasteiger partial charge in [0, 0.05) is 13.0 Å². The van der Waals surface area contributed by atoms with Crippen LogP contribution < -0.4 is 0 Å². The Balaban J connectivity index is 2.06. The largest absolute Gasteiger partial charge is 0.370 e. The zero-order chi connectivity index (χ0) is 13.7. The van der Waals surface area contributed by atoms with Gasteiger partial charge in [0.05, 0.1) is 12.6 Å². The minimum atomic E-state index is 0.000488. The van der Waals surface area contributed by atoms with E-state index in [0.717, 1.165) is 18.4 Å². The summed E-state index contributed by atoms with van der Waals surface area (Å²) in [6.45, 7) is 5.54. The number of unbranched alkanes of at least 4 members (excludes halogenated alkanes) is 1. The monoisotopic (exact) mass is 261 g/mol. The van der Waals surface area contributed by atoms with E-state index in [1.165, 1.54) is 0 Å². The molecule has 1 aromatic carbocycles. The van der Waals surface area contributed by atoms with Crippen molar-refractivity contribution in [2.45, 2.75) is 45.3 Å². The molecular formula is C16H23NO2. The van der Waals surface area contributed by atoms with E-state index in [4.69, 9.17) is 4.74 Å². The van der Waals surface area contributed by atoms with Gasteiger partial charge in [-0.3, -0.25) is 4.79 Å². The van der Waals surface area contributed by atoms with Gasteiger partial charge in [-0.15, -0.1) is 0 Å². The highest BCUT2D eigenvalue weighted by atomic mass is 16.5. The third-order valence-corrected chi connectivity index (χ3v) is 3.75. The third-order valence-electron chi connectivity index (χ3n) is 3.75. The Morgan fingerprint density at radius 1 is 1.37 bits per heavy atom. The smallest absolute Gasteiger partial charge is 0.222 e. The number of ether oxygens (including phenoxy) is 1. The second-order valence-electron chi connectivity index (χ2n) is 5.13. The molecule has 104 valence electrons. The molecule has 1 amide bonds. The Morgan fingerprint density at radius 2 is 2.11 bits per heavy atom. The molecule has 0 radical (unpaired) electrons. The molecule has 2 rings (SSSR count). The fourth-order valence-electron chi connectivity index (χ4n) is 2.63. The molecule has 0 saturated carbocycles. The number of rotatable bonds is 4. The van der Waals surface area contributed by atoms with Crippen LogP contribution in [0.4, 0.5) is 0 Å². The van der Waals surface area contributed by atoms with Gasteiger partial charge in [0.1, 0.15) is 6.10 Å². The van der Waals surface area contributed by atoms with Crippen LogP contribution >= 0.6 is 0 Å². The van der Waals surface area contributed by atoms with Crippen LogP contribution in [0.5, 0.6) is 0 Å². The van der Waals surface area contributed by atoms with E-state index < -0.39 is 0 Å². The van der Waals surface area contributed by atoms with Gasteiger partial charge in [-0.05, 0) is 18.9 Å². The van der Waals surface area contributed by atoms with E-state index in [1.807, 2.05) is 23.1 Å². The first-order valence-corrected chi connectivity index (χ1v) is 7.20. The molecule has 1 heterocycles. The van der Waals surface area contributed by atoms with Crippen LogP contribution in [0.3, 0.4) is 0 Å². The van der Waals surface area contributed by atoms with Crippen molar-refractivity contribution >= 4 is 5.91 Å². The van der Waals surface area contributed by atoms with E-state index in [2.05, 4.69) is 26.0 Å². The van der Waals surface area contributed by atoms with Crippen LogP contribution in [0, 0.1) is 0 Å². The molecule has 0 aliphatic carbocycles. The molecule has 1 aliphatic rings. The van der Waals surface area contributed by atoms with E-state index in [1.54, 1.807) is 0 Å². The van der Waals surface area contributed by atoms with Crippen LogP contribution in [0.15, 0.2) is 30.3 Å².